The van der Waals surface area contributed by atoms with Gasteiger partial charge in [-0.05, 0) is 36.4 Å². The van der Waals surface area contributed by atoms with Crippen molar-refractivity contribution < 1.29 is 45.0 Å². The number of phenolic OH excluding ortho intramolecular Hbond substituents is 2. The lowest BCUT2D eigenvalue weighted by atomic mass is 10.2. The van der Waals surface area contributed by atoms with Crippen molar-refractivity contribution in [1.29, 1.82) is 0 Å². The van der Waals surface area contributed by atoms with Crippen molar-refractivity contribution in [3.8, 4) is 11.5 Å². The zero-order valence-electron chi connectivity index (χ0n) is 11.9. The zero-order chi connectivity index (χ0) is 19.2. The quantitative estimate of drug-likeness (QED) is 0.766. The third-order valence-electron chi connectivity index (χ3n) is 3.06. The van der Waals surface area contributed by atoms with Crippen molar-refractivity contribution in [1.82, 2.24) is 0 Å². The molecule has 0 aliphatic heterocycles. The van der Waals surface area contributed by atoms with Crippen LogP contribution in [0.25, 0.3) is 0 Å². The second-order valence-electron chi connectivity index (χ2n) is 4.93. The first-order valence-corrected chi connectivity index (χ1v) is 7.77. The van der Waals surface area contributed by atoms with Gasteiger partial charge in [-0.2, -0.15) is 26.3 Å². The van der Waals surface area contributed by atoms with Gasteiger partial charge in [0, 0.05) is 0 Å². The average molecular weight is 386 g/mol. The first-order chi connectivity index (χ1) is 11.2. The molecule has 2 aromatic rings. The molecule has 0 radical (unpaired) electrons. The van der Waals surface area contributed by atoms with Gasteiger partial charge in [0.1, 0.15) is 11.5 Å². The molecule has 0 aliphatic rings. The Morgan fingerprint density at radius 2 is 0.960 bits per heavy atom. The number of sulfone groups is 1. The summed E-state index contributed by atoms with van der Waals surface area (Å²) in [6.07, 6.45) is -9.97. The third kappa shape index (κ3) is 3.98. The van der Waals surface area contributed by atoms with Gasteiger partial charge >= 0.3 is 12.4 Å². The summed E-state index contributed by atoms with van der Waals surface area (Å²) in [5, 5.41) is 18.6. The molecule has 0 atom stereocenters. The Balaban J connectivity index is 2.68. The lowest BCUT2D eigenvalue weighted by Crippen LogP contribution is -2.10. The van der Waals surface area contributed by atoms with Crippen LogP contribution in [0.2, 0.25) is 0 Å². The number of aromatic hydroxyl groups is 2. The van der Waals surface area contributed by atoms with Crippen LogP contribution in [0.3, 0.4) is 0 Å². The summed E-state index contributed by atoms with van der Waals surface area (Å²) in [6.45, 7) is 0. The molecule has 136 valence electrons. The summed E-state index contributed by atoms with van der Waals surface area (Å²) in [6, 6.07) is 1.80. The maximum absolute atomic E-state index is 12.7. The van der Waals surface area contributed by atoms with Gasteiger partial charge in [0.25, 0.3) is 0 Å². The Morgan fingerprint density at radius 1 is 0.640 bits per heavy atom. The lowest BCUT2D eigenvalue weighted by Gasteiger charge is -2.13. The molecule has 25 heavy (non-hydrogen) atoms. The first-order valence-electron chi connectivity index (χ1n) is 6.29. The lowest BCUT2D eigenvalue weighted by molar-refractivity contribution is -0.138. The zero-order valence-corrected chi connectivity index (χ0v) is 12.7. The van der Waals surface area contributed by atoms with Crippen molar-refractivity contribution in [2.24, 2.45) is 0 Å². The van der Waals surface area contributed by atoms with Crippen LogP contribution in [0, 0.1) is 0 Å². The van der Waals surface area contributed by atoms with E-state index in [1.165, 1.54) is 0 Å². The fourth-order valence-electron chi connectivity index (χ4n) is 1.94. The number of rotatable bonds is 2. The molecule has 0 bridgehead atoms. The van der Waals surface area contributed by atoms with Crippen molar-refractivity contribution in [3.63, 3.8) is 0 Å². The molecular weight excluding hydrogens is 378 g/mol. The number of phenols is 2. The van der Waals surface area contributed by atoms with Crippen LogP contribution in [0.4, 0.5) is 26.3 Å². The second-order valence-corrected chi connectivity index (χ2v) is 6.88. The molecule has 0 aliphatic carbocycles. The largest absolute Gasteiger partial charge is 0.508 e. The van der Waals surface area contributed by atoms with Gasteiger partial charge in [-0.1, -0.05) is 0 Å². The van der Waals surface area contributed by atoms with E-state index in [2.05, 4.69) is 0 Å². The molecule has 0 aromatic heterocycles. The molecule has 2 aromatic carbocycles. The monoisotopic (exact) mass is 386 g/mol. The van der Waals surface area contributed by atoms with E-state index in [1.807, 2.05) is 0 Å². The van der Waals surface area contributed by atoms with Crippen LogP contribution < -0.4 is 0 Å². The molecule has 4 nitrogen and oxygen atoms in total. The van der Waals surface area contributed by atoms with E-state index in [0.29, 0.717) is 12.1 Å². The van der Waals surface area contributed by atoms with Gasteiger partial charge in [0.15, 0.2) is 0 Å². The molecule has 0 heterocycles. The van der Waals surface area contributed by atoms with Gasteiger partial charge in [-0.3, -0.25) is 0 Å². The Labute approximate surface area is 136 Å². The van der Waals surface area contributed by atoms with Crippen LogP contribution in [0.5, 0.6) is 11.5 Å². The highest BCUT2D eigenvalue weighted by molar-refractivity contribution is 7.91. The molecule has 0 saturated carbocycles. The predicted molar refractivity (Wildman–Crippen MR) is 71.7 cm³/mol. The molecule has 0 amide bonds. The average Bonchev–Trinajstić information content (AvgIpc) is 2.44. The minimum absolute atomic E-state index is 0.173. The summed E-state index contributed by atoms with van der Waals surface area (Å²) >= 11 is 0. The van der Waals surface area contributed by atoms with E-state index < -0.39 is 54.6 Å². The van der Waals surface area contributed by atoms with Crippen LogP contribution in [0.1, 0.15) is 11.1 Å². The topological polar surface area (TPSA) is 74.6 Å². The number of hydrogen-bond acceptors (Lipinski definition) is 4. The van der Waals surface area contributed by atoms with E-state index in [9.17, 15) is 45.0 Å². The minimum Gasteiger partial charge on any atom is -0.508 e. The molecule has 0 spiro atoms. The molecule has 11 heteroatoms. The van der Waals surface area contributed by atoms with Crippen molar-refractivity contribution in [3.05, 3.63) is 47.5 Å². The number of alkyl halides is 6. The maximum atomic E-state index is 12.7. The summed E-state index contributed by atoms with van der Waals surface area (Å²) < 4.78 is 101. The first kappa shape index (κ1) is 18.9. The predicted octanol–water partition coefficient (Wildman–Crippen LogP) is 3.97. The van der Waals surface area contributed by atoms with Gasteiger partial charge < -0.3 is 10.2 Å². The molecule has 0 saturated heterocycles. The van der Waals surface area contributed by atoms with Gasteiger partial charge in [-0.25, -0.2) is 8.42 Å². The Morgan fingerprint density at radius 3 is 1.24 bits per heavy atom. The number of halogens is 6. The normalized spacial score (nSPS) is 13.0. The highest BCUT2D eigenvalue weighted by Crippen LogP contribution is 2.37. The third-order valence-corrected chi connectivity index (χ3v) is 4.77. The highest BCUT2D eigenvalue weighted by Gasteiger charge is 2.35. The Bertz CT molecular complexity index is 846. The van der Waals surface area contributed by atoms with E-state index in [4.69, 9.17) is 0 Å². The van der Waals surface area contributed by atoms with Crippen LogP contribution in [0.15, 0.2) is 46.2 Å². The Hall–Kier alpha value is -2.43. The second kappa shape index (κ2) is 5.83. The minimum atomic E-state index is -4.99. The van der Waals surface area contributed by atoms with Crippen molar-refractivity contribution >= 4 is 9.84 Å². The number of benzene rings is 2. The van der Waals surface area contributed by atoms with Crippen LogP contribution in [-0.4, -0.2) is 18.6 Å². The SMILES string of the molecule is O=S(=O)(c1cc(O)cc(C(F)(F)F)c1)c1cc(O)cc(C(F)(F)F)c1. The smallest absolute Gasteiger partial charge is 0.416 e. The molecule has 2 N–H and O–H groups in total. The van der Waals surface area contributed by atoms with E-state index in [1.54, 1.807) is 0 Å². The van der Waals surface area contributed by atoms with Gasteiger partial charge in [0.05, 0.1) is 20.9 Å². The Kier molecular flexibility index (Phi) is 4.41. The summed E-state index contributed by atoms with van der Waals surface area (Å²) in [7, 11) is -4.87. The fraction of sp³-hybridized carbons (Fsp3) is 0.143. The van der Waals surface area contributed by atoms with Crippen molar-refractivity contribution in [2.45, 2.75) is 22.1 Å². The summed E-state index contributed by atoms with van der Waals surface area (Å²) in [4.78, 5) is -2.14. The van der Waals surface area contributed by atoms with E-state index in [-0.39, 0.29) is 24.3 Å². The van der Waals surface area contributed by atoms with Gasteiger partial charge in [0.2, 0.25) is 9.84 Å². The summed E-state index contributed by atoms with van der Waals surface area (Å²) in [5.41, 5.74) is -3.00. The maximum Gasteiger partial charge on any atom is 0.416 e. The van der Waals surface area contributed by atoms with E-state index >= 15 is 0 Å². The fourth-order valence-corrected chi connectivity index (χ4v) is 3.33. The van der Waals surface area contributed by atoms with Gasteiger partial charge in [-0.15, -0.1) is 0 Å². The molecule has 0 fully saturated rings. The highest BCUT2D eigenvalue weighted by atomic mass is 32.2. The molecule has 2 rings (SSSR count). The van der Waals surface area contributed by atoms with E-state index in [0.717, 1.165) is 0 Å². The number of hydrogen-bond donors (Lipinski definition) is 2. The molecular formula is C14H8F6O4S. The molecule has 0 unspecified atom stereocenters. The standard InChI is InChI=1S/C14H8F6O4S/c15-13(16,17)7-1-9(21)5-11(3-7)25(23,24)12-4-8(14(18,19)20)2-10(22)6-12/h1-6,21-22H. The van der Waals surface area contributed by atoms with Crippen LogP contribution >= 0.6 is 0 Å². The summed E-state index contributed by atoms with van der Waals surface area (Å²) in [5.74, 6) is -2.07. The van der Waals surface area contributed by atoms with Crippen LogP contribution in [-0.2, 0) is 22.2 Å². The van der Waals surface area contributed by atoms with Crippen molar-refractivity contribution in [2.75, 3.05) is 0 Å².